The second-order valence-electron chi connectivity index (χ2n) is 4.67. The molecule has 0 fully saturated rings. The van der Waals surface area contributed by atoms with Gasteiger partial charge in [0.25, 0.3) is 0 Å². The summed E-state index contributed by atoms with van der Waals surface area (Å²) in [5, 5.41) is 3.43. The highest BCUT2D eigenvalue weighted by molar-refractivity contribution is 5.59. The van der Waals surface area contributed by atoms with Crippen molar-refractivity contribution in [1.29, 1.82) is 0 Å². The summed E-state index contributed by atoms with van der Waals surface area (Å²) >= 11 is 0. The highest BCUT2D eigenvalue weighted by Gasteiger charge is 2.13. The maximum Gasteiger partial charge on any atom is 0.123 e. The van der Waals surface area contributed by atoms with E-state index in [2.05, 4.69) is 19.2 Å². The predicted molar refractivity (Wildman–Crippen MR) is 76.1 cm³/mol. The number of methoxy groups -OCH3 is 1. The molecule has 0 saturated heterocycles. The molecule has 1 unspecified atom stereocenters. The van der Waals surface area contributed by atoms with Crippen LogP contribution in [0.2, 0.25) is 0 Å². The number of hydrogen-bond acceptors (Lipinski definition) is 4. The maximum atomic E-state index is 5.86. The number of ether oxygens (including phenoxy) is 2. The predicted octanol–water partition coefficient (Wildman–Crippen LogP) is 2.75. The topological polar surface area (TPSA) is 56.5 Å². The van der Waals surface area contributed by atoms with E-state index in [1.54, 1.807) is 7.11 Å². The Hall–Kier alpha value is -1.42. The number of hydrogen-bond donors (Lipinski definition) is 2. The van der Waals surface area contributed by atoms with Gasteiger partial charge in [-0.3, -0.25) is 0 Å². The van der Waals surface area contributed by atoms with Crippen molar-refractivity contribution in [2.45, 2.75) is 26.8 Å². The second-order valence-corrected chi connectivity index (χ2v) is 4.67. The summed E-state index contributed by atoms with van der Waals surface area (Å²) in [6.45, 7) is 7.57. The van der Waals surface area contributed by atoms with E-state index in [1.807, 2.05) is 25.1 Å². The van der Waals surface area contributed by atoms with Crippen molar-refractivity contribution in [3.8, 4) is 5.75 Å². The Balaban J connectivity index is 2.81. The Kier molecular flexibility index (Phi) is 5.78. The summed E-state index contributed by atoms with van der Waals surface area (Å²) in [6.07, 6.45) is 0. The van der Waals surface area contributed by atoms with Crippen LogP contribution >= 0.6 is 0 Å². The smallest absolute Gasteiger partial charge is 0.123 e. The summed E-state index contributed by atoms with van der Waals surface area (Å²) in [5.41, 5.74) is 7.53. The van der Waals surface area contributed by atoms with Crippen LogP contribution in [0.3, 0.4) is 0 Å². The maximum absolute atomic E-state index is 5.86. The number of rotatable bonds is 7. The number of nitrogens with two attached hydrogens (primary N) is 1. The molecule has 0 spiro atoms. The van der Waals surface area contributed by atoms with E-state index in [-0.39, 0.29) is 6.04 Å². The zero-order valence-electron chi connectivity index (χ0n) is 11.7. The molecule has 1 atom stereocenters. The van der Waals surface area contributed by atoms with Crippen LogP contribution in [0.25, 0.3) is 0 Å². The molecule has 0 aliphatic rings. The van der Waals surface area contributed by atoms with Crippen molar-refractivity contribution in [3.05, 3.63) is 18.2 Å². The minimum absolute atomic E-state index is 0.256. The molecule has 18 heavy (non-hydrogen) atoms. The minimum atomic E-state index is 0.256. The molecule has 0 radical (unpaired) electrons. The monoisotopic (exact) mass is 252 g/mol. The van der Waals surface area contributed by atoms with E-state index in [1.165, 1.54) is 0 Å². The quantitative estimate of drug-likeness (QED) is 0.733. The van der Waals surface area contributed by atoms with Crippen LogP contribution in [0.1, 0.15) is 20.8 Å². The molecular weight excluding hydrogens is 228 g/mol. The van der Waals surface area contributed by atoms with Crippen LogP contribution in [-0.2, 0) is 4.74 Å². The lowest BCUT2D eigenvalue weighted by Crippen LogP contribution is -2.30. The van der Waals surface area contributed by atoms with Gasteiger partial charge in [-0.2, -0.15) is 0 Å². The first kappa shape index (κ1) is 14.6. The van der Waals surface area contributed by atoms with Crippen LogP contribution in [-0.4, -0.2) is 26.4 Å². The SMILES string of the molecule is CCOc1cc(N)cc(NC(COC)C(C)C)c1. The molecule has 102 valence electrons. The molecule has 3 N–H and O–H groups in total. The lowest BCUT2D eigenvalue weighted by molar-refractivity contribution is 0.171. The summed E-state index contributed by atoms with van der Waals surface area (Å²) in [5.74, 6) is 1.27. The molecule has 4 nitrogen and oxygen atoms in total. The van der Waals surface area contributed by atoms with Crippen molar-refractivity contribution in [1.82, 2.24) is 0 Å². The highest BCUT2D eigenvalue weighted by atomic mass is 16.5. The summed E-state index contributed by atoms with van der Waals surface area (Å²) in [4.78, 5) is 0. The Morgan fingerprint density at radius 1 is 1.28 bits per heavy atom. The molecule has 0 aliphatic heterocycles. The fourth-order valence-corrected chi connectivity index (χ4v) is 1.75. The standard InChI is InChI=1S/C14H24N2O2/c1-5-18-13-7-11(15)6-12(8-13)16-14(9-17-4)10(2)3/h6-8,10,14,16H,5,9,15H2,1-4H3. The average Bonchev–Trinajstić information content (AvgIpc) is 2.28. The summed E-state index contributed by atoms with van der Waals surface area (Å²) < 4.78 is 10.7. The fraction of sp³-hybridized carbons (Fsp3) is 0.571. The second kappa shape index (κ2) is 7.11. The van der Waals surface area contributed by atoms with Gasteiger partial charge < -0.3 is 20.5 Å². The summed E-state index contributed by atoms with van der Waals surface area (Å²) in [6, 6.07) is 5.96. The highest BCUT2D eigenvalue weighted by Crippen LogP contribution is 2.24. The van der Waals surface area contributed by atoms with E-state index < -0.39 is 0 Å². The molecule has 0 aromatic heterocycles. The molecule has 1 aromatic carbocycles. The van der Waals surface area contributed by atoms with Crippen molar-refractivity contribution >= 4 is 11.4 Å². The number of benzene rings is 1. The van der Waals surface area contributed by atoms with Crippen LogP contribution in [0.5, 0.6) is 5.75 Å². The van der Waals surface area contributed by atoms with Crippen molar-refractivity contribution in [3.63, 3.8) is 0 Å². The Morgan fingerprint density at radius 3 is 2.56 bits per heavy atom. The van der Waals surface area contributed by atoms with Crippen LogP contribution < -0.4 is 15.8 Å². The molecule has 1 aromatic rings. The van der Waals surface area contributed by atoms with Gasteiger partial charge in [0.2, 0.25) is 0 Å². The molecule has 4 heteroatoms. The fourth-order valence-electron chi connectivity index (χ4n) is 1.75. The van der Waals surface area contributed by atoms with Crippen molar-refractivity contribution in [2.75, 3.05) is 31.4 Å². The number of anilines is 2. The van der Waals surface area contributed by atoms with E-state index in [9.17, 15) is 0 Å². The third-order valence-corrected chi connectivity index (χ3v) is 2.74. The van der Waals surface area contributed by atoms with Gasteiger partial charge in [0.15, 0.2) is 0 Å². The minimum Gasteiger partial charge on any atom is -0.494 e. The molecule has 0 heterocycles. The molecule has 1 rings (SSSR count). The van der Waals surface area contributed by atoms with Crippen LogP contribution in [0.15, 0.2) is 18.2 Å². The first-order chi connectivity index (χ1) is 8.56. The average molecular weight is 252 g/mol. The lowest BCUT2D eigenvalue weighted by Gasteiger charge is -2.23. The van der Waals surface area contributed by atoms with Gasteiger partial charge in [0.1, 0.15) is 5.75 Å². The van der Waals surface area contributed by atoms with Gasteiger partial charge in [-0.15, -0.1) is 0 Å². The molecule has 0 aliphatic carbocycles. The van der Waals surface area contributed by atoms with Gasteiger partial charge in [-0.25, -0.2) is 0 Å². The summed E-state index contributed by atoms with van der Waals surface area (Å²) in [7, 11) is 1.71. The first-order valence-corrected chi connectivity index (χ1v) is 6.35. The molecular formula is C14H24N2O2. The van der Waals surface area contributed by atoms with Gasteiger partial charge in [0, 0.05) is 30.6 Å². The normalized spacial score (nSPS) is 12.5. The van der Waals surface area contributed by atoms with Gasteiger partial charge >= 0.3 is 0 Å². The largest absolute Gasteiger partial charge is 0.494 e. The van der Waals surface area contributed by atoms with E-state index in [4.69, 9.17) is 15.2 Å². The van der Waals surface area contributed by atoms with E-state index in [0.29, 0.717) is 24.8 Å². The van der Waals surface area contributed by atoms with Crippen LogP contribution in [0, 0.1) is 5.92 Å². The van der Waals surface area contributed by atoms with Crippen LogP contribution in [0.4, 0.5) is 11.4 Å². The molecule has 0 amide bonds. The first-order valence-electron chi connectivity index (χ1n) is 6.35. The number of nitrogens with one attached hydrogen (secondary N) is 1. The molecule has 0 bridgehead atoms. The van der Waals surface area contributed by atoms with Gasteiger partial charge in [-0.05, 0) is 18.9 Å². The zero-order valence-corrected chi connectivity index (χ0v) is 11.7. The van der Waals surface area contributed by atoms with Gasteiger partial charge in [0.05, 0.1) is 19.3 Å². The third-order valence-electron chi connectivity index (χ3n) is 2.74. The molecule has 0 saturated carbocycles. The van der Waals surface area contributed by atoms with Crippen molar-refractivity contribution < 1.29 is 9.47 Å². The lowest BCUT2D eigenvalue weighted by atomic mass is 10.0. The Labute approximate surface area is 109 Å². The van der Waals surface area contributed by atoms with E-state index in [0.717, 1.165) is 11.4 Å². The zero-order chi connectivity index (χ0) is 13.5. The Morgan fingerprint density at radius 2 is 2.00 bits per heavy atom. The van der Waals surface area contributed by atoms with Crippen molar-refractivity contribution in [2.24, 2.45) is 5.92 Å². The Bertz CT molecular complexity index is 367. The number of nitrogen functional groups attached to an aromatic ring is 1. The van der Waals surface area contributed by atoms with E-state index >= 15 is 0 Å². The third kappa shape index (κ3) is 4.45. The van der Waals surface area contributed by atoms with Gasteiger partial charge in [-0.1, -0.05) is 13.8 Å².